The molecule has 0 atom stereocenters. The highest BCUT2D eigenvalue weighted by Crippen LogP contribution is 2.40. The van der Waals surface area contributed by atoms with Gasteiger partial charge in [0.15, 0.2) is 0 Å². The lowest BCUT2D eigenvalue weighted by Gasteiger charge is -2.43. The second kappa shape index (κ2) is 2.06. The van der Waals surface area contributed by atoms with E-state index in [1.165, 1.54) is 6.42 Å². The number of carbonyl (C=O) groups excluding carboxylic acids is 1. The van der Waals surface area contributed by atoms with Gasteiger partial charge in [-0.3, -0.25) is 4.79 Å². The molecule has 0 N–H and O–H groups in total. The summed E-state index contributed by atoms with van der Waals surface area (Å²) in [6.45, 7) is 1.66. The van der Waals surface area contributed by atoms with Crippen LogP contribution < -0.4 is 0 Å². The Bertz CT molecular complexity index is 159. The average Bonchev–Trinajstić information content (AvgIpc) is 1.85. The second-order valence-electron chi connectivity index (χ2n) is 3.56. The molecule has 0 aromatic carbocycles. The first-order valence-electron chi connectivity index (χ1n) is 3.90. The zero-order chi connectivity index (χ0) is 7.03. The molecular weight excluding hydrogens is 128 g/mol. The van der Waals surface area contributed by atoms with Crippen LogP contribution in [0, 0.1) is 5.41 Å². The Morgan fingerprint density at radius 3 is 2.60 bits per heavy atom. The Hall–Kier alpha value is -0.370. The molecule has 0 amide bonds. The van der Waals surface area contributed by atoms with Gasteiger partial charge in [0, 0.05) is 18.3 Å². The third-order valence-corrected chi connectivity index (χ3v) is 2.55. The zero-order valence-corrected chi connectivity index (χ0v) is 6.06. The highest BCUT2D eigenvalue weighted by molar-refractivity contribution is 5.80. The summed E-state index contributed by atoms with van der Waals surface area (Å²) in [5, 5.41) is 0. The van der Waals surface area contributed by atoms with Crippen molar-refractivity contribution in [3.63, 3.8) is 0 Å². The molecular formula is C8H12O2. The van der Waals surface area contributed by atoms with Crippen LogP contribution in [0.25, 0.3) is 0 Å². The summed E-state index contributed by atoms with van der Waals surface area (Å²) in [5.41, 5.74) is 0.301. The molecule has 2 nitrogen and oxygen atoms in total. The van der Waals surface area contributed by atoms with Crippen LogP contribution in [0.15, 0.2) is 0 Å². The van der Waals surface area contributed by atoms with E-state index in [0.29, 0.717) is 11.2 Å². The SMILES string of the molecule is O=C1CCCC2(COC2)C1. The fourth-order valence-electron chi connectivity index (χ4n) is 1.89. The van der Waals surface area contributed by atoms with Gasteiger partial charge in [-0.25, -0.2) is 0 Å². The lowest BCUT2D eigenvalue weighted by atomic mass is 9.72. The maximum absolute atomic E-state index is 11.0. The highest BCUT2D eigenvalue weighted by atomic mass is 16.5. The molecule has 0 aromatic heterocycles. The maximum atomic E-state index is 11.0. The minimum absolute atomic E-state index is 0.301. The Morgan fingerprint density at radius 2 is 2.20 bits per heavy atom. The van der Waals surface area contributed by atoms with Gasteiger partial charge in [-0.1, -0.05) is 0 Å². The molecule has 0 unspecified atom stereocenters. The minimum Gasteiger partial charge on any atom is -0.380 e. The van der Waals surface area contributed by atoms with Crippen LogP contribution in [-0.4, -0.2) is 19.0 Å². The summed E-state index contributed by atoms with van der Waals surface area (Å²) in [6.07, 6.45) is 3.88. The summed E-state index contributed by atoms with van der Waals surface area (Å²) >= 11 is 0. The molecule has 56 valence electrons. The number of ether oxygens (including phenoxy) is 1. The molecule has 2 fully saturated rings. The van der Waals surface area contributed by atoms with E-state index in [1.54, 1.807) is 0 Å². The van der Waals surface area contributed by atoms with E-state index in [-0.39, 0.29) is 0 Å². The van der Waals surface area contributed by atoms with Gasteiger partial charge in [0.2, 0.25) is 0 Å². The molecule has 2 aliphatic rings. The van der Waals surface area contributed by atoms with Crippen LogP contribution in [0.3, 0.4) is 0 Å². The molecule has 1 heterocycles. The minimum atomic E-state index is 0.301. The number of ketones is 1. The predicted molar refractivity (Wildman–Crippen MR) is 36.7 cm³/mol. The molecule has 1 saturated carbocycles. The first kappa shape index (κ1) is 6.35. The van der Waals surface area contributed by atoms with Gasteiger partial charge < -0.3 is 4.74 Å². The van der Waals surface area contributed by atoms with E-state index in [9.17, 15) is 4.79 Å². The molecule has 1 aliphatic heterocycles. The van der Waals surface area contributed by atoms with Crippen molar-refractivity contribution in [1.29, 1.82) is 0 Å². The lowest BCUT2D eigenvalue weighted by Crippen LogP contribution is -2.46. The smallest absolute Gasteiger partial charge is 0.133 e. The highest BCUT2D eigenvalue weighted by Gasteiger charge is 2.41. The Morgan fingerprint density at radius 1 is 1.40 bits per heavy atom. The van der Waals surface area contributed by atoms with Crippen LogP contribution in [0.2, 0.25) is 0 Å². The van der Waals surface area contributed by atoms with Crippen LogP contribution in [0.5, 0.6) is 0 Å². The zero-order valence-electron chi connectivity index (χ0n) is 6.06. The standard InChI is InChI=1S/C8H12O2/c9-7-2-1-3-8(4-7)5-10-6-8/h1-6H2. The summed E-state index contributed by atoms with van der Waals surface area (Å²) in [6, 6.07) is 0. The maximum Gasteiger partial charge on any atom is 0.133 e. The third-order valence-electron chi connectivity index (χ3n) is 2.55. The van der Waals surface area contributed by atoms with E-state index in [2.05, 4.69) is 0 Å². The lowest BCUT2D eigenvalue weighted by molar-refractivity contribution is -0.150. The van der Waals surface area contributed by atoms with Gasteiger partial charge in [-0.15, -0.1) is 0 Å². The fourth-order valence-corrected chi connectivity index (χ4v) is 1.89. The average molecular weight is 140 g/mol. The van der Waals surface area contributed by atoms with Gasteiger partial charge in [-0.05, 0) is 12.8 Å². The summed E-state index contributed by atoms with van der Waals surface area (Å²) < 4.78 is 5.11. The van der Waals surface area contributed by atoms with E-state index >= 15 is 0 Å². The van der Waals surface area contributed by atoms with Crippen molar-refractivity contribution in [2.24, 2.45) is 5.41 Å². The molecule has 0 aromatic rings. The monoisotopic (exact) mass is 140 g/mol. The van der Waals surface area contributed by atoms with Crippen molar-refractivity contribution in [3.8, 4) is 0 Å². The van der Waals surface area contributed by atoms with Crippen molar-refractivity contribution in [1.82, 2.24) is 0 Å². The van der Waals surface area contributed by atoms with Gasteiger partial charge in [0.1, 0.15) is 5.78 Å². The summed E-state index contributed by atoms with van der Waals surface area (Å²) in [7, 11) is 0. The molecule has 1 aliphatic carbocycles. The van der Waals surface area contributed by atoms with E-state index in [0.717, 1.165) is 32.5 Å². The number of rotatable bonds is 0. The predicted octanol–water partition coefficient (Wildman–Crippen LogP) is 1.15. The first-order valence-corrected chi connectivity index (χ1v) is 3.90. The van der Waals surface area contributed by atoms with Gasteiger partial charge >= 0.3 is 0 Å². The Balaban J connectivity index is 2.02. The number of Topliss-reactive ketones (excluding diaryl/α,β-unsaturated/α-hetero) is 1. The van der Waals surface area contributed by atoms with Gasteiger partial charge in [-0.2, -0.15) is 0 Å². The van der Waals surface area contributed by atoms with E-state index in [1.807, 2.05) is 0 Å². The molecule has 2 heteroatoms. The molecule has 2 rings (SSSR count). The van der Waals surface area contributed by atoms with Gasteiger partial charge in [0.25, 0.3) is 0 Å². The fraction of sp³-hybridized carbons (Fsp3) is 0.875. The van der Waals surface area contributed by atoms with Crippen molar-refractivity contribution < 1.29 is 9.53 Å². The van der Waals surface area contributed by atoms with Crippen LogP contribution in [0.4, 0.5) is 0 Å². The molecule has 1 spiro atoms. The Kier molecular flexibility index (Phi) is 1.31. The summed E-state index contributed by atoms with van der Waals surface area (Å²) in [5.74, 6) is 0.439. The molecule has 0 radical (unpaired) electrons. The van der Waals surface area contributed by atoms with Crippen molar-refractivity contribution in [2.45, 2.75) is 25.7 Å². The van der Waals surface area contributed by atoms with Crippen molar-refractivity contribution >= 4 is 5.78 Å². The second-order valence-corrected chi connectivity index (χ2v) is 3.56. The molecule has 1 saturated heterocycles. The van der Waals surface area contributed by atoms with Crippen molar-refractivity contribution in [3.05, 3.63) is 0 Å². The number of hydrogen-bond donors (Lipinski definition) is 0. The molecule has 10 heavy (non-hydrogen) atoms. The normalized spacial score (nSPS) is 30.2. The topological polar surface area (TPSA) is 26.3 Å². The number of hydrogen-bond acceptors (Lipinski definition) is 2. The van der Waals surface area contributed by atoms with Crippen molar-refractivity contribution in [2.75, 3.05) is 13.2 Å². The van der Waals surface area contributed by atoms with E-state index in [4.69, 9.17) is 4.74 Å². The largest absolute Gasteiger partial charge is 0.380 e. The van der Waals surface area contributed by atoms with Crippen LogP contribution in [-0.2, 0) is 9.53 Å². The van der Waals surface area contributed by atoms with E-state index < -0.39 is 0 Å². The van der Waals surface area contributed by atoms with Gasteiger partial charge in [0.05, 0.1) is 13.2 Å². The number of carbonyl (C=O) groups is 1. The van der Waals surface area contributed by atoms with Crippen LogP contribution in [0.1, 0.15) is 25.7 Å². The third kappa shape index (κ3) is 0.870. The summed E-state index contributed by atoms with van der Waals surface area (Å²) in [4.78, 5) is 11.0. The first-order chi connectivity index (χ1) is 4.81. The van der Waals surface area contributed by atoms with Crippen LogP contribution >= 0.6 is 0 Å². The molecule has 0 bridgehead atoms. The quantitative estimate of drug-likeness (QED) is 0.504. The Labute approximate surface area is 60.6 Å².